The van der Waals surface area contributed by atoms with Crippen LogP contribution in [0.5, 0.6) is 5.75 Å². The second-order valence-corrected chi connectivity index (χ2v) is 6.44. The van der Waals surface area contributed by atoms with Crippen molar-refractivity contribution in [2.75, 3.05) is 19.7 Å². The smallest absolute Gasteiger partial charge is 0.261 e. The van der Waals surface area contributed by atoms with Crippen LogP contribution in [0.4, 0.5) is 0 Å². The number of carbonyl (C=O) groups is 1. The van der Waals surface area contributed by atoms with Gasteiger partial charge in [0.15, 0.2) is 6.61 Å². The standard InChI is InChI=1S/C19H25N3O3/c1-3-9-21(10-4-2)18(23)13-25-14-7-8-16-15(12-14)19(24)22-11-5-6-17(22)20-16/h7-8,12H,3-6,9-11,13H2,1-2H3. The lowest BCUT2D eigenvalue weighted by Crippen LogP contribution is -2.36. The summed E-state index contributed by atoms with van der Waals surface area (Å²) in [6, 6.07) is 5.27. The number of nitrogens with zero attached hydrogens (tertiary/aromatic N) is 3. The molecule has 6 nitrogen and oxygen atoms in total. The van der Waals surface area contributed by atoms with Gasteiger partial charge in [-0.25, -0.2) is 4.98 Å². The molecule has 1 aliphatic heterocycles. The molecule has 1 amide bonds. The van der Waals surface area contributed by atoms with Gasteiger partial charge >= 0.3 is 0 Å². The lowest BCUT2D eigenvalue weighted by molar-refractivity contribution is -0.133. The Kier molecular flexibility index (Phi) is 5.36. The van der Waals surface area contributed by atoms with Gasteiger partial charge in [-0.3, -0.25) is 14.2 Å². The number of aryl methyl sites for hydroxylation is 1. The van der Waals surface area contributed by atoms with Crippen molar-refractivity contribution in [2.45, 2.75) is 46.1 Å². The summed E-state index contributed by atoms with van der Waals surface area (Å²) in [6.45, 7) is 6.31. The summed E-state index contributed by atoms with van der Waals surface area (Å²) in [5.41, 5.74) is 0.670. The zero-order valence-corrected chi connectivity index (χ0v) is 15.0. The fraction of sp³-hybridized carbons (Fsp3) is 0.526. The minimum Gasteiger partial charge on any atom is -0.484 e. The van der Waals surface area contributed by atoms with E-state index in [1.165, 1.54) is 0 Å². The van der Waals surface area contributed by atoms with E-state index < -0.39 is 0 Å². The lowest BCUT2D eigenvalue weighted by atomic mass is 10.2. The van der Waals surface area contributed by atoms with Gasteiger partial charge in [0, 0.05) is 26.1 Å². The molecule has 1 aromatic carbocycles. The van der Waals surface area contributed by atoms with Crippen molar-refractivity contribution in [3.63, 3.8) is 0 Å². The molecular weight excluding hydrogens is 318 g/mol. The van der Waals surface area contributed by atoms with Crippen molar-refractivity contribution in [1.29, 1.82) is 0 Å². The third-order valence-corrected chi connectivity index (χ3v) is 4.49. The zero-order valence-electron chi connectivity index (χ0n) is 15.0. The fourth-order valence-corrected chi connectivity index (χ4v) is 3.29. The van der Waals surface area contributed by atoms with Gasteiger partial charge in [-0.2, -0.15) is 0 Å². The molecule has 0 unspecified atom stereocenters. The maximum Gasteiger partial charge on any atom is 0.261 e. The Bertz CT molecular complexity index is 823. The van der Waals surface area contributed by atoms with Crippen molar-refractivity contribution in [2.24, 2.45) is 0 Å². The summed E-state index contributed by atoms with van der Waals surface area (Å²) < 4.78 is 7.39. The van der Waals surface area contributed by atoms with Crippen LogP contribution in [0.25, 0.3) is 10.9 Å². The van der Waals surface area contributed by atoms with Crippen molar-refractivity contribution >= 4 is 16.8 Å². The highest BCUT2D eigenvalue weighted by Crippen LogP contribution is 2.20. The van der Waals surface area contributed by atoms with Crippen LogP contribution in [0.15, 0.2) is 23.0 Å². The van der Waals surface area contributed by atoms with Crippen molar-refractivity contribution in [1.82, 2.24) is 14.5 Å². The first-order valence-electron chi connectivity index (χ1n) is 9.08. The summed E-state index contributed by atoms with van der Waals surface area (Å²) in [7, 11) is 0. The highest BCUT2D eigenvalue weighted by molar-refractivity contribution is 5.80. The minimum atomic E-state index is -0.0207. The first kappa shape index (κ1) is 17.5. The highest BCUT2D eigenvalue weighted by atomic mass is 16.5. The number of fused-ring (bicyclic) bond motifs is 2. The molecule has 0 aliphatic carbocycles. The quantitative estimate of drug-likeness (QED) is 0.774. The monoisotopic (exact) mass is 343 g/mol. The minimum absolute atomic E-state index is 0.00872. The van der Waals surface area contributed by atoms with Gasteiger partial charge in [0.25, 0.3) is 11.5 Å². The molecule has 0 spiro atoms. The van der Waals surface area contributed by atoms with Crippen LogP contribution in [-0.2, 0) is 17.8 Å². The molecule has 1 aromatic heterocycles. The van der Waals surface area contributed by atoms with E-state index in [0.717, 1.165) is 51.1 Å². The Hall–Kier alpha value is -2.37. The number of aromatic nitrogens is 2. The number of carbonyl (C=O) groups excluding carboxylic acids is 1. The molecule has 0 bridgehead atoms. The molecule has 0 radical (unpaired) electrons. The lowest BCUT2D eigenvalue weighted by Gasteiger charge is -2.21. The normalized spacial score (nSPS) is 13.0. The van der Waals surface area contributed by atoms with Crippen LogP contribution in [-0.4, -0.2) is 40.1 Å². The third-order valence-electron chi connectivity index (χ3n) is 4.49. The van der Waals surface area contributed by atoms with Gasteiger partial charge in [0.2, 0.25) is 0 Å². The first-order chi connectivity index (χ1) is 12.1. The molecule has 0 N–H and O–H groups in total. The molecule has 1 aliphatic rings. The van der Waals surface area contributed by atoms with Gasteiger partial charge in [-0.1, -0.05) is 13.8 Å². The molecule has 0 saturated heterocycles. The van der Waals surface area contributed by atoms with E-state index in [9.17, 15) is 9.59 Å². The SMILES string of the molecule is CCCN(CCC)C(=O)COc1ccc2nc3n(c(=O)c2c1)CCC3. The van der Waals surface area contributed by atoms with E-state index in [1.54, 1.807) is 22.8 Å². The summed E-state index contributed by atoms with van der Waals surface area (Å²) in [6.07, 6.45) is 3.66. The van der Waals surface area contributed by atoms with Gasteiger partial charge in [-0.15, -0.1) is 0 Å². The average molecular weight is 343 g/mol. The van der Waals surface area contributed by atoms with Gasteiger partial charge in [0.05, 0.1) is 10.9 Å². The molecule has 0 atom stereocenters. The summed E-state index contributed by atoms with van der Waals surface area (Å²) in [4.78, 5) is 31.3. The number of benzene rings is 1. The van der Waals surface area contributed by atoms with E-state index in [-0.39, 0.29) is 18.1 Å². The fourth-order valence-electron chi connectivity index (χ4n) is 3.29. The predicted octanol–water partition coefficient (Wildman–Crippen LogP) is 2.37. The number of hydrogen-bond acceptors (Lipinski definition) is 4. The van der Waals surface area contributed by atoms with Crippen LogP contribution in [0.3, 0.4) is 0 Å². The maximum atomic E-state index is 12.6. The van der Waals surface area contributed by atoms with Gasteiger partial charge < -0.3 is 9.64 Å². The Morgan fingerprint density at radius 2 is 2.04 bits per heavy atom. The predicted molar refractivity (Wildman–Crippen MR) is 97.0 cm³/mol. The number of hydrogen-bond donors (Lipinski definition) is 0. The summed E-state index contributed by atoms with van der Waals surface area (Å²) >= 11 is 0. The van der Waals surface area contributed by atoms with E-state index in [2.05, 4.69) is 18.8 Å². The summed E-state index contributed by atoms with van der Waals surface area (Å²) in [5.74, 6) is 1.37. The van der Waals surface area contributed by atoms with E-state index in [1.807, 2.05) is 4.90 Å². The third kappa shape index (κ3) is 3.67. The number of amides is 1. The second-order valence-electron chi connectivity index (χ2n) is 6.44. The molecule has 3 rings (SSSR count). The molecule has 2 heterocycles. The Balaban J connectivity index is 1.76. The molecule has 25 heavy (non-hydrogen) atoms. The van der Waals surface area contributed by atoms with Crippen molar-refractivity contribution < 1.29 is 9.53 Å². The number of ether oxygens (including phenoxy) is 1. The second kappa shape index (κ2) is 7.68. The van der Waals surface area contributed by atoms with E-state index >= 15 is 0 Å². The number of rotatable bonds is 7. The largest absolute Gasteiger partial charge is 0.484 e. The van der Waals surface area contributed by atoms with Crippen molar-refractivity contribution in [3.05, 3.63) is 34.4 Å². The Labute approximate surface area is 147 Å². The first-order valence-corrected chi connectivity index (χ1v) is 9.08. The Morgan fingerprint density at radius 1 is 1.28 bits per heavy atom. The van der Waals surface area contributed by atoms with Crippen LogP contribution in [0, 0.1) is 0 Å². The van der Waals surface area contributed by atoms with Crippen LogP contribution in [0.1, 0.15) is 38.9 Å². The van der Waals surface area contributed by atoms with Crippen LogP contribution in [0.2, 0.25) is 0 Å². The molecular formula is C19H25N3O3. The Morgan fingerprint density at radius 3 is 2.76 bits per heavy atom. The molecule has 2 aromatic rings. The molecule has 0 saturated carbocycles. The van der Waals surface area contributed by atoms with E-state index in [0.29, 0.717) is 16.7 Å². The maximum absolute atomic E-state index is 12.6. The average Bonchev–Trinajstić information content (AvgIpc) is 3.08. The highest BCUT2D eigenvalue weighted by Gasteiger charge is 2.17. The van der Waals surface area contributed by atoms with Gasteiger partial charge in [-0.05, 0) is 37.5 Å². The molecule has 0 fully saturated rings. The zero-order chi connectivity index (χ0) is 17.8. The van der Waals surface area contributed by atoms with Crippen molar-refractivity contribution in [3.8, 4) is 5.75 Å². The van der Waals surface area contributed by atoms with Gasteiger partial charge in [0.1, 0.15) is 11.6 Å². The van der Waals surface area contributed by atoms with Crippen LogP contribution < -0.4 is 10.3 Å². The van der Waals surface area contributed by atoms with E-state index in [4.69, 9.17) is 4.74 Å². The topological polar surface area (TPSA) is 64.4 Å². The van der Waals surface area contributed by atoms with Crippen LogP contribution >= 0.6 is 0 Å². The summed E-state index contributed by atoms with van der Waals surface area (Å²) in [5, 5.41) is 0.551. The molecule has 6 heteroatoms. The molecule has 134 valence electrons.